The first-order chi connectivity index (χ1) is 9.74. The first-order valence-corrected chi connectivity index (χ1v) is 7.05. The molecule has 0 aromatic heterocycles. The molecule has 0 fully saturated rings. The van der Waals surface area contributed by atoms with Crippen molar-refractivity contribution in [3.63, 3.8) is 0 Å². The van der Waals surface area contributed by atoms with Crippen molar-refractivity contribution in [3.8, 4) is 11.8 Å². The third-order valence-corrected chi connectivity index (χ3v) is 3.76. The molecule has 2 aromatic rings. The number of nitrogens with one attached hydrogen (secondary N) is 1. The fraction of sp³-hybridized carbons (Fsp3) is 0.188. The van der Waals surface area contributed by atoms with Crippen molar-refractivity contribution in [2.45, 2.75) is 13.1 Å². The zero-order chi connectivity index (χ0) is 14.4. The highest BCUT2D eigenvalue weighted by molar-refractivity contribution is 9.10. The Morgan fingerprint density at radius 2 is 2.00 bits per heavy atom. The zero-order valence-corrected chi connectivity index (χ0v) is 12.8. The van der Waals surface area contributed by atoms with Crippen molar-refractivity contribution in [2.24, 2.45) is 0 Å². The van der Waals surface area contributed by atoms with Gasteiger partial charge in [0.05, 0.1) is 12.7 Å². The van der Waals surface area contributed by atoms with Gasteiger partial charge < -0.3 is 10.1 Å². The van der Waals surface area contributed by atoms with E-state index in [-0.39, 0.29) is 0 Å². The Balaban J connectivity index is 1.98. The Kier molecular flexibility index (Phi) is 5.16. The molecule has 0 radical (unpaired) electrons. The predicted octanol–water partition coefficient (Wildman–Crippen LogP) is 3.62. The fourth-order valence-electron chi connectivity index (χ4n) is 1.94. The molecule has 2 rings (SSSR count). The molecule has 0 unspecified atom stereocenters. The number of rotatable bonds is 5. The number of hydrogen-bond donors (Lipinski definition) is 1. The Morgan fingerprint density at radius 1 is 1.20 bits per heavy atom. The summed E-state index contributed by atoms with van der Waals surface area (Å²) in [7, 11) is 1.57. The molecule has 0 aliphatic heterocycles. The summed E-state index contributed by atoms with van der Waals surface area (Å²) in [6.07, 6.45) is 0. The van der Waals surface area contributed by atoms with Gasteiger partial charge in [0.25, 0.3) is 0 Å². The second-order valence-corrected chi connectivity index (χ2v) is 5.20. The van der Waals surface area contributed by atoms with E-state index in [4.69, 9.17) is 10.00 Å². The maximum absolute atomic E-state index is 9.06. The summed E-state index contributed by atoms with van der Waals surface area (Å²) in [5.74, 6) is 0.613. The van der Waals surface area contributed by atoms with Gasteiger partial charge in [0, 0.05) is 17.6 Å². The van der Waals surface area contributed by atoms with E-state index in [9.17, 15) is 0 Å². The molecule has 0 saturated carbocycles. The van der Waals surface area contributed by atoms with Gasteiger partial charge in [-0.15, -0.1) is 0 Å². The topological polar surface area (TPSA) is 45.0 Å². The van der Waals surface area contributed by atoms with Crippen LogP contribution in [0.5, 0.6) is 5.75 Å². The molecule has 4 heteroatoms. The van der Waals surface area contributed by atoms with Crippen molar-refractivity contribution in [1.29, 1.82) is 5.26 Å². The molecule has 0 amide bonds. The lowest BCUT2D eigenvalue weighted by Gasteiger charge is -2.08. The van der Waals surface area contributed by atoms with E-state index in [0.717, 1.165) is 16.6 Å². The van der Waals surface area contributed by atoms with Gasteiger partial charge in [0.15, 0.2) is 0 Å². The summed E-state index contributed by atoms with van der Waals surface area (Å²) < 4.78 is 6.23. The van der Waals surface area contributed by atoms with Crippen LogP contribution in [0.15, 0.2) is 46.9 Å². The van der Waals surface area contributed by atoms with E-state index >= 15 is 0 Å². The molecular weight excluding hydrogens is 316 g/mol. The lowest BCUT2D eigenvalue weighted by molar-refractivity contribution is 0.413. The maximum Gasteiger partial charge on any atom is 0.136 e. The quantitative estimate of drug-likeness (QED) is 0.910. The fourth-order valence-corrected chi connectivity index (χ4v) is 2.36. The van der Waals surface area contributed by atoms with Crippen LogP contribution in [-0.4, -0.2) is 7.11 Å². The van der Waals surface area contributed by atoms with Crippen LogP contribution >= 0.6 is 15.9 Å². The summed E-state index contributed by atoms with van der Waals surface area (Å²) >= 11 is 3.52. The SMILES string of the molecule is COc1ccc(CNCc2ccccc2Br)cc1C#N. The van der Waals surface area contributed by atoms with E-state index in [1.807, 2.05) is 36.4 Å². The van der Waals surface area contributed by atoms with Gasteiger partial charge in [-0.2, -0.15) is 5.26 Å². The summed E-state index contributed by atoms with van der Waals surface area (Å²) in [6.45, 7) is 1.48. The molecule has 1 N–H and O–H groups in total. The third kappa shape index (κ3) is 3.60. The number of nitrogens with zero attached hydrogens (tertiary/aromatic N) is 1. The minimum atomic E-state index is 0.563. The van der Waals surface area contributed by atoms with Crippen molar-refractivity contribution >= 4 is 15.9 Å². The highest BCUT2D eigenvalue weighted by atomic mass is 79.9. The minimum Gasteiger partial charge on any atom is -0.495 e. The van der Waals surface area contributed by atoms with Crippen LogP contribution in [0, 0.1) is 11.3 Å². The van der Waals surface area contributed by atoms with Crippen LogP contribution in [0.3, 0.4) is 0 Å². The van der Waals surface area contributed by atoms with Crippen LogP contribution < -0.4 is 10.1 Å². The molecule has 0 heterocycles. The van der Waals surface area contributed by atoms with Gasteiger partial charge in [-0.05, 0) is 29.3 Å². The van der Waals surface area contributed by atoms with Gasteiger partial charge in [0.1, 0.15) is 11.8 Å². The molecule has 0 spiro atoms. The Hall–Kier alpha value is -1.83. The molecule has 0 aliphatic carbocycles. The molecule has 0 bridgehead atoms. The van der Waals surface area contributed by atoms with Crippen LogP contribution in [0.4, 0.5) is 0 Å². The highest BCUT2D eigenvalue weighted by Gasteiger charge is 2.04. The number of hydrogen-bond acceptors (Lipinski definition) is 3. The zero-order valence-electron chi connectivity index (χ0n) is 11.2. The summed E-state index contributed by atoms with van der Waals surface area (Å²) in [6, 6.07) is 15.9. The third-order valence-electron chi connectivity index (χ3n) is 2.99. The first kappa shape index (κ1) is 14.6. The number of methoxy groups -OCH3 is 1. The standard InChI is InChI=1S/C16H15BrN2O/c1-20-16-7-6-12(8-14(16)9-18)10-19-11-13-4-2-3-5-15(13)17/h2-8,19H,10-11H2,1H3. The van der Waals surface area contributed by atoms with Crippen LogP contribution in [-0.2, 0) is 13.1 Å². The minimum absolute atomic E-state index is 0.563. The van der Waals surface area contributed by atoms with Gasteiger partial charge in [-0.1, -0.05) is 40.2 Å². The largest absolute Gasteiger partial charge is 0.495 e. The smallest absolute Gasteiger partial charge is 0.136 e. The van der Waals surface area contributed by atoms with Gasteiger partial charge in [-0.3, -0.25) is 0 Å². The van der Waals surface area contributed by atoms with E-state index in [2.05, 4.69) is 33.4 Å². The normalized spacial score (nSPS) is 10.1. The molecular formula is C16H15BrN2O. The van der Waals surface area contributed by atoms with E-state index < -0.39 is 0 Å². The molecule has 2 aromatic carbocycles. The molecule has 102 valence electrons. The lowest BCUT2D eigenvalue weighted by atomic mass is 10.1. The molecule has 0 aliphatic rings. The average Bonchev–Trinajstić information content (AvgIpc) is 2.49. The van der Waals surface area contributed by atoms with Crippen LogP contribution in [0.2, 0.25) is 0 Å². The summed E-state index contributed by atoms with van der Waals surface area (Å²) in [4.78, 5) is 0. The van der Waals surface area contributed by atoms with E-state index in [1.54, 1.807) is 7.11 Å². The highest BCUT2D eigenvalue weighted by Crippen LogP contribution is 2.19. The van der Waals surface area contributed by atoms with Gasteiger partial charge >= 0.3 is 0 Å². The molecule has 0 saturated heterocycles. The van der Waals surface area contributed by atoms with E-state index in [0.29, 0.717) is 17.9 Å². The maximum atomic E-state index is 9.06. The summed E-state index contributed by atoms with van der Waals surface area (Å²) in [5, 5.41) is 12.4. The lowest BCUT2D eigenvalue weighted by Crippen LogP contribution is -2.13. The predicted molar refractivity (Wildman–Crippen MR) is 82.4 cm³/mol. The first-order valence-electron chi connectivity index (χ1n) is 6.25. The van der Waals surface area contributed by atoms with Crippen molar-refractivity contribution in [2.75, 3.05) is 7.11 Å². The Labute approximate surface area is 127 Å². The van der Waals surface area contributed by atoms with Crippen molar-refractivity contribution in [3.05, 3.63) is 63.6 Å². The van der Waals surface area contributed by atoms with Gasteiger partial charge in [0.2, 0.25) is 0 Å². The Morgan fingerprint density at radius 3 is 2.70 bits per heavy atom. The van der Waals surface area contributed by atoms with Gasteiger partial charge in [-0.25, -0.2) is 0 Å². The van der Waals surface area contributed by atoms with Crippen molar-refractivity contribution < 1.29 is 4.74 Å². The van der Waals surface area contributed by atoms with Crippen molar-refractivity contribution in [1.82, 2.24) is 5.32 Å². The number of ether oxygens (including phenoxy) is 1. The number of halogens is 1. The Bertz CT molecular complexity index is 635. The second kappa shape index (κ2) is 7.09. The number of benzene rings is 2. The molecule has 0 atom stereocenters. The van der Waals surface area contributed by atoms with Crippen LogP contribution in [0.25, 0.3) is 0 Å². The molecule has 3 nitrogen and oxygen atoms in total. The number of nitriles is 1. The monoisotopic (exact) mass is 330 g/mol. The summed E-state index contributed by atoms with van der Waals surface area (Å²) in [5.41, 5.74) is 2.84. The average molecular weight is 331 g/mol. The molecule has 20 heavy (non-hydrogen) atoms. The van der Waals surface area contributed by atoms with Crippen LogP contribution in [0.1, 0.15) is 16.7 Å². The second-order valence-electron chi connectivity index (χ2n) is 4.34. The van der Waals surface area contributed by atoms with E-state index in [1.165, 1.54) is 5.56 Å².